The lowest BCUT2D eigenvalue weighted by molar-refractivity contribution is 0.178. The molecule has 3 heterocycles. The van der Waals surface area contributed by atoms with Gasteiger partial charge in [-0.25, -0.2) is 9.69 Å². The summed E-state index contributed by atoms with van der Waals surface area (Å²) in [7, 11) is 0. The van der Waals surface area contributed by atoms with Crippen LogP contribution in [0.5, 0.6) is 0 Å². The van der Waals surface area contributed by atoms with Gasteiger partial charge in [0.25, 0.3) is 5.56 Å². The number of rotatable bonds is 5. The zero-order valence-corrected chi connectivity index (χ0v) is 18.4. The lowest BCUT2D eigenvalue weighted by Crippen LogP contribution is -2.35. The second-order valence-electron chi connectivity index (χ2n) is 7.17. The van der Waals surface area contributed by atoms with Gasteiger partial charge >= 0.3 is 6.09 Å². The van der Waals surface area contributed by atoms with Crippen molar-refractivity contribution in [1.29, 1.82) is 0 Å². The van der Waals surface area contributed by atoms with Gasteiger partial charge in [-0.3, -0.25) is 4.79 Å². The monoisotopic (exact) mass is 472 g/mol. The first-order valence-corrected chi connectivity index (χ1v) is 10.4. The van der Waals surface area contributed by atoms with E-state index in [4.69, 9.17) is 4.74 Å². The molecule has 2 N–H and O–H groups in total. The number of nitrogens with zero attached hydrogens (tertiary/aromatic N) is 4. The maximum Gasteiger partial charge on any atom is 0.417 e. The lowest BCUT2D eigenvalue weighted by Gasteiger charge is -2.20. The summed E-state index contributed by atoms with van der Waals surface area (Å²) in [5, 5.41) is 4.07. The number of halogens is 1. The molecule has 1 amide bonds. The number of amides is 1. The van der Waals surface area contributed by atoms with E-state index in [1.165, 1.54) is 4.90 Å². The van der Waals surface area contributed by atoms with Crippen LogP contribution < -0.4 is 15.8 Å². The molecule has 10 heteroatoms. The van der Waals surface area contributed by atoms with Crippen molar-refractivity contribution in [2.45, 2.75) is 39.3 Å². The fourth-order valence-electron chi connectivity index (χ4n) is 3.43. The first-order chi connectivity index (χ1) is 14.4. The van der Waals surface area contributed by atoms with Crippen molar-refractivity contribution < 1.29 is 9.53 Å². The third-order valence-corrected chi connectivity index (χ3v) is 5.52. The molecule has 0 radical (unpaired) electrons. The van der Waals surface area contributed by atoms with Crippen LogP contribution in [0.4, 0.5) is 16.7 Å². The van der Waals surface area contributed by atoms with Gasteiger partial charge in [0.05, 0.1) is 12.1 Å². The standard InChI is InChI=1S/C20H21BrN6O3/c1-4-14-9-30-20(29)27(14)19-24-11(3)23-18(26-19)22-10(2)15-8-12-7-13(21)5-6-16(12)25-17(15)28/h5-8,10,14H,4,9H2,1-3H3,(H,25,28)(H,22,23,24,26)/t10-,14-/m0/s1. The Balaban J connectivity index is 1.65. The van der Waals surface area contributed by atoms with Crippen LogP contribution in [0.15, 0.2) is 33.5 Å². The fraction of sp³-hybridized carbons (Fsp3) is 0.350. The van der Waals surface area contributed by atoms with Crippen LogP contribution in [-0.2, 0) is 4.74 Å². The highest BCUT2D eigenvalue weighted by Gasteiger charge is 2.35. The van der Waals surface area contributed by atoms with E-state index in [0.717, 1.165) is 21.8 Å². The maximum absolute atomic E-state index is 12.6. The molecule has 0 spiro atoms. The number of carbonyl (C=O) groups is 1. The highest BCUT2D eigenvalue weighted by atomic mass is 79.9. The largest absolute Gasteiger partial charge is 0.447 e. The summed E-state index contributed by atoms with van der Waals surface area (Å²) in [6.45, 7) is 5.86. The molecular formula is C20H21BrN6O3. The predicted molar refractivity (Wildman–Crippen MR) is 117 cm³/mol. The number of hydrogen-bond donors (Lipinski definition) is 2. The smallest absolute Gasteiger partial charge is 0.417 e. The summed E-state index contributed by atoms with van der Waals surface area (Å²) in [6.07, 6.45) is 0.250. The number of aromatic nitrogens is 4. The van der Waals surface area contributed by atoms with Gasteiger partial charge in [0.15, 0.2) is 0 Å². The SMILES string of the molecule is CC[C@H]1COC(=O)N1c1nc(C)nc(N[C@@H](C)c2cc3cc(Br)ccc3[nH]c2=O)n1. The predicted octanol–water partition coefficient (Wildman–Crippen LogP) is 3.69. The van der Waals surface area contributed by atoms with E-state index >= 15 is 0 Å². The molecule has 1 aromatic carbocycles. The van der Waals surface area contributed by atoms with Gasteiger partial charge in [-0.1, -0.05) is 22.9 Å². The molecule has 156 valence electrons. The molecule has 1 aliphatic heterocycles. The van der Waals surface area contributed by atoms with Crippen LogP contribution >= 0.6 is 15.9 Å². The molecule has 0 aliphatic carbocycles. The Morgan fingerprint density at radius 2 is 2.10 bits per heavy atom. The normalized spacial score (nSPS) is 17.3. The third-order valence-electron chi connectivity index (χ3n) is 5.03. The number of fused-ring (bicyclic) bond motifs is 1. The first-order valence-electron chi connectivity index (χ1n) is 9.63. The van der Waals surface area contributed by atoms with Crippen LogP contribution in [0.2, 0.25) is 0 Å². The highest BCUT2D eigenvalue weighted by Crippen LogP contribution is 2.24. The minimum atomic E-state index is -0.469. The van der Waals surface area contributed by atoms with E-state index in [0.29, 0.717) is 18.0 Å². The molecule has 2 aromatic heterocycles. The summed E-state index contributed by atoms with van der Waals surface area (Å²) in [5.41, 5.74) is 1.12. The van der Waals surface area contributed by atoms with E-state index < -0.39 is 6.09 Å². The average Bonchev–Trinajstić information content (AvgIpc) is 3.07. The molecule has 1 saturated heterocycles. The number of cyclic esters (lactones) is 1. The molecule has 0 unspecified atom stereocenters. The Morgan fingerprint density at radius 3 is 2.87 bits per heavy atom. The Labute approximate surface area is 181 Å². The molecule has 0 bridgehead atoms. The quantitative estimate of drug-likeness (QED) is 0.581. The zero-order chi connectivity index (χ0) is 21.4. The molecule has 1 fully saturated rings. The molecule has 30 heavy (non-hydrogen) atoms. The highest BCUT2D eigenvalue weighted by molar-refractivity contribution is 9.10. The molecule has 0 saturated carbocycles. The summed E-state index contributed by atoms with van der Waals surface area (Å²) in [4.78, 5) is 42.1. The average molecular weight is 473 g/mol. The van der Waals surface area contributed by atoms with E-state index in [-0.39, 0.29) is 29.5 Å². The van der Waals surface area contributed by atoms with Crippen LogP contribution in [0.1, 0.15) is 37.7 Å². The fourth-order valence-corrected chi connectivity index (χ4v) is 3.81. The van der Waals surface area contributed by atoms with Crippen molar-refractivity contribution >= 4 is 44.8 Å². The van der Waals surface area contributed by atoms with E-state index in [2.05, 4.69) is 41.2 Å². The third kappa shape index (κ3) is 3.87. The number of aromatic amines is 1. The van der Waals surface area contributed by atoms with Crippen molar-refractivity contribution in [3.63, 3.8) is 0 Å². The van der Waals surface area contributed by atoms with Gasteiger partial charge in [-0.15, -0.1) is 0 Å². The number of benzene rings is 1. The molecule has 3 aromatic rings. The first kappa shape index (κ1) is 20.3. The number of hydrogen-bond acceptors (Lipinski definition) is 7. The summed E-state index contributed by atoms with van der Waals surface area (Å²) >= 11 is 3.45. The van der Waals surface area contributed by atoms with E-state index in [9.17, 15) is 9.59 Å². The molecule has 9 nitrogen and oxygen atoms in total. The van der Waals surface area contributed by atoms with Gasteiger partial charge in [-0.05, 0) is 49.9 Å². The van der Waals surface area contributed by atoms with Crippen LogP contribution in [0.3, 0.4) is 0 Å². The van der Waals surface area contributed by atoms with Gasteiger partial charge in [0, 0.05) is 15.6 Å². The summed E-state index contributed by atoms with van der Waals surface area (Å²) in [5.74, 6) is 0.983. The zero-order valence-electron chi connectivity index (χ0n) is 16.8. The van der Waals surface area contributed by atoms with Gasteiger partial charge in [0.2, 0.25) is 11.9 Å². The molecule has 1 aliphatic rings. The van der Waals surface area contributed by atoms with E-state index in [1.54, 1.807) is 6.92 Å². The molecule has 4 rings (SSSR count). The molecular weight excluding hydrogens is 452 g/mol. The Kier molecular flexibility index (Phi) is 5.42. The van der Waals surface area contributed by atoms with E-state index in [1.807, 2.05) is 38.1 Å². The number of ether oxygens (including phenoxy) is 1. The minimum absolute atomic E-state index is 0.119. The van der Waals surface area contributed by atoms with Gasteiger partial charge in [-0.2, -0.15) is 15.0 Å². The van der Waals surface area contributed by atoms with Crippen LogP contribution in [-0.4, -0.2) is 38.7 Å². The van der Waals surface area contributed by atoms with Crippen molar-refractivity contribution in [3.8, 4) is 0 Å². The van der Waals surface area contributed by atoms with Gasteiger partial charge in [0.1, 0.15) is 12.4 Å². The summed E-state index contributed by atoms with van der Waals surface area (Å²) in [6, 6.07) is 7.02. The number of anilines is 2. The maximum atomic E-state index is 12.6. The second-order valence-corrected chi connectivity index (χ2v) is 8.08. The Morgan fingerprint density at radius 1 is 1.30 bits per heavy atom. The second kappa shape index (κ2) is 8.02. The van der Waals surface area contributed by atoms with Crippen LogP contribution in [0, 0.1) is 6.92 Å². The Bertz CT molecular complexity index is 1180. The van der Waals surface area contributed by atoms with Crippen molar-refractivity contribution in [2.24, 2.45) is 0 Å². The van der Waals surface area contributed by atoms with Crippen molar-refractivity contribution in [1.82, 2.24) is 19.9 Å². The Hall–Kier alpha value is -3.01. The minimum Gasteiger partial charge on any atom is -0.447 e. The van der Waals surface area contributed by atoms with Gasteiger partial charge < -0.3 is 15.0 Å². The number of pyridine rings is 1. The number of carbonyl (C=O) groups excluding carboxylic acids is 1. The number of aryl methyl sites for hydroxylation is 1. The topological polar surface area (TPSA) is 113 Å². The molecule has 2 atom stereocenters. The lowest BCUT2D eigenvalue weighted by atomic mass is 10.1. The number of H-pyrrole nitrogens is 1. The number of nitrogens with one attached hydrogen (secondary N) is 2. The van der Waals surface area contributed by atoms with Crippen molar-refractivity contribution in [3.05, 3.63) is 50.5 Å². The van der Waals surface area contributed by atoms with Crippen LogP contribution in [0.25, 0.3) is 10.9 Å². The van der Waals surface area contributed by atoms with Crippen molar-refractivity contribution in [2.75, 3.05) is 16.8 Å². The summed E-state index contributed by atoms with van der Waals surface area (Å²) < 4.78 is 6.06.